The number of hydrogen-bond donors (Lipinski definition) is 3. The molecule has 0 aliphatic rings. The summed E-state index contributed by atoms with van der Waals surface area (Å²) in [6.45, 7) is 13.7. The quantitative estimate of drug-likeness (QED) is 0.716. The minimum Gasteiger partial charge on any atom is -0.311 e. The molecule has 1 aromatic heterocycles. The topological polar surface area (TPSA) is 86.9 Å². The van der Waals surface area contributed by atoms with E-state index in [0.29, 0.717) is 24.5 Å². The second-order valence-corrected chi connectivity index (χ2v) is 8.23. The van der Waals surface area contributed by atoms with E-state index in [1.807, 2.05) is 13.8 Å². The predicted molar refractivity (Wildman–Crippen MR) is 84.5 cm³/mol. The molecule has 0 saturated carbocycles. The van der Waals surface area contributed by atoms with Crippen LogP contribution in [0.1, 0.15) is 46.0 Å². The molecule has 6 nitrogen and oxygen atoms in total. The smallest absolute Gasteiger partial charge is 0.244 e. The van der Waals surface area contributed by atoms with Crippen LogP contribution in [0, 0.1) is 18.3 Å². The maximum atomic E-state index is 12.5. The number of nitrogens with zero attached hydrogens (tertiary/aromatic N) is 1. The average Bonchev–Trinajstić information content (AvgIpc) is 2.74. The Bertz CT molecular complexity index is 558. The van der Waals surface area contributed by atoms with Crippen molar-refractivity contribution in [2.24, 2.45) is 11.3 Å². The summed E-state index contributed by atoms with van der Waals surface area (Å²) in [6.07, 6.45) is 0. The molecule has 122 valence electrons. The summed E-state index contributed by atoms with van der Waals surface area (Å²) in [5.74, 6) is 0.233. The van der Waals surface area contributed by atoms with Crippen LogP contribution in [0.15, 0.2) is 4.90 Å². The predicted octanol–water partition coefficient (Wildman–Crippen LogP) is 1.79. The van der Waals surface area contributed by atoms with Crippen LogP contribution in [0.4, 0.5) is 0 Å². The van der Waals surface area contributed by atoms with E-state index in [0.717, 1.165) is 6.54 Å². The van der Waals surface area contributed by atoms with Gasteiger partial charge in [-0.3, -0.25) is 5.10 Å². The first-order chi connectivity index (χ1) is 9.59. The molecule has 3 N–H and O–H groups in total. The van der Waals surface area contributed by atoms with Crippen LogP contribution < -0.4 is 10.0 Å². The zero-order valence-corrected chi connectivity index (χ0v) is 14.7. The van der Waals surface area contributed by atoms with Crippen LogP contribution in [0.3, 0.4) is 0 Å². The van der Waals surface area contributed by atoms with Crippen molar-refractivity contribution in [1.29, 1.82) is 0 Å². The SMILES string of the molecule is CCNCc1n[nH]c(C)c1S(=O)(=O)NCC(C)C(C)(C)C. The van der Waals surface area contributed by atoms with Crippen molar-refractivity contribution in [2.75, 3.05) is 13.1 Å². The van der Waals surface area contributed by atoms with Crippen LogP contribution >= 0.6 is 0 Å². The summed E-state index contributed by atoms with van der Waals surface area (Å²) >= 11 is 0. The molecule has 1 aromatic rings. The van der Waals surface area contributed by atoms with E-state index in [4.69, 9.17) is 0 Å². The lowest BCUT2D eigenvalue weighted by Crippen LogP contribution is -2.34. The maximum absolute atomic E-state index is 12.5. The van der Waals surface area contributed by atoms with Crippen molar-refractivity contribution in [1.82, 2.24) is 20.2 Å². The lowest BCUT2D eigenvalue weighted by molar-refractivity contribution is 0.263. The van der Waals surface area contributed by atoms with E-state index in [1.165, 1.54) is 0 Å². The lowest BCUT2D eigenvalue weighted by Gasteiger charge is -2.27. The molecule has 0 amide bonds. The Morgan fingerprint density at radius 1 is 1.33 bits per heavy atom. The summed E-state index contributed by atoms with van der Waals surface area (Å²) in [5.41, 5.74) is 1.16. The van der Waals surface area contributed by atoms with Crippen LogP contribution in [0.5, 0.6) is 0 Å². The highest BCUT2D eigenvalue weighted by molar-refractivity contribution is 7.89. The van der Waals surface area contributed by atoms with E-state index in [-0.39, 0.29) is 16.2 Å². The number of H-pyrrole nitrogens is 1. The highest BCUT2D eigenvalue weighted by atomic mass is 32.2. The van der Waals surface area contributed by atoms with Crippen LogP contribution in [-0.2, 0) is 16.6 Å². The van der Waals surface area contributed by atoms with Gasteiger partial charge in [-0.25, -0.2) is 13.1 Å². The molecule has 0 radical (unpaired) electrons. The Balaban J connectivity index is 2.90. The van der Waals surface area contributed by atoms with Crippen molar-refractivity contribution in [3.63, 3.8) is 0 Å². The molecule has 0 saturated heterocycles. The number of sulfonamides is 1. The molecule has 0 bridgehead atoms. The highest BCUT2D eigenvalue weighted by Crippen LogP contribution is 2.25. The van der Waals surface area contributed by atoms with Crippen molar-refractivity contribution < 1.29 is 8.42 Å². The summed E-state index contributed by atoms with van der Waals surface area (Å²) in [4.78, 5) is 0.268. The molecular formula is C14H28N4O2S. The van der Waals surface area contributed by atoms with Gasteiger partial charge in [0.1, 0.15) is 4.90 Å². The molecule has 0 fully saturated rings. The van der Waals surface area contributed by atoms with E-state index in [2.05, 4.69) is 41.0 Å². The average molecular weight is 316 g/mol. The fourth-order valence-electron chi connectivity index (χ4n) is 1.80. The van der Waals surface area contributed by atoms with Gasteiger partial charge >= 0.3 is 0 Å². The molecule has 1 heterocycles. The monoisotopic (exact) mass is 316 g/mol. The minimum absolute atomic E-state index is 0.0561. The largest absolute Gasteiger partial charge is 0.311 e. The highest BCUT2D eigenvalue weighted by Gasteiger charge is 2.27. The minimum atomic E-state index is -3.55. The number of aromatic nitrogens is 2. The first-order valence-corrected chi connectivity index (χ1v) is 8.82. The van der Waals surface area contributed by atoms with Gasteiger partial charge in [0.25, 0.3) is 0 Å². The number of nitrogens with one attached hydrogen (secondary N) is 3. The van der Waals surface area contributed by atoms with Gasteiger partial charge in [-0.15, -0.1) is 0 Å². The normalized spacial score (nSPS) is 14.4. The Morgan fingerprint density at radius 3 is 2.48 bits per heavy atom. The number of hydrogen-bond acceptors (Lipinski definition) is 4. The molecule has 1 atom stereocenters. The van der Waals surface area contributed by atoms with Gasteiger partial charge in [-0.05, 0) is 24.8 Å². The molecule has 0 aliphatic heterocycles. The molecule has 0 aliphatic carbocycles. The van der Waals surface area contributed by atoms with Crippen molar-refractivity contribution in [3.05, 3.63) is 11.4 Å². The first kappa shape index (κ1) is 18.1. The number of aromatic amines is 1. The standard InChI is InChI=1S/C14H28N4O2S/c1-7-15-9-12-13(11(3)17-18-12)21(19,20)16-8-10(2)14(4,5)6/h10,15-16H,7-9H2,1-6H3,(H,17,18). The van der Waals surface area contributed by atoms with Crippen molar-refractivity contribution in [3.8, 4) is 0 Å². The van der Waals surface area contributed by atoms with Gasteiger partial charge in [-0.2, -0.15) is 5.10 Å². The second kappa shape index (κ2) is 6.89. The number of rotatable bonds is 7. The van der Waals surface area contributed by atoms with Crippen molar-refractivity contribution >= 4 is 10.0 Å². The molecule has 1 rings (SSSR count). The fraction of sp³-hybridized carbons (Fsp3) is 0.786. The molecule has 7 heteroatoms. The molecule has 0 spiro atoms. The second-order valence-electron chi connectivity index (χ2n) is 6.52. The van der Waals surface area contributed by atoms with E-state index >= 15 is 0 Å². The zero-order valence-electron chi connectivity index (χ0n) is 13.9. The van der Waals surface area contributed by atoms with Crippen LogP contribution in [0.25, 0.3) is 0 Å². The van der Waals surface area contributed by atoms with Gasteiger partial charge in [0.05, 0.1) is 11.4 Å². The third-order valence-electron chi connectivity index (χ3n) is 3.83. The van der Waals surface area contributed by atoms with Gasteiger partial charge in [-0.1, -0.05) is 34.6 Å². The lowest BCUT2D eigenvalue weighted by atomic mass is 9.82. The summed E-state index contributed by atoms with van der Waals surface area (Å²) in [5, 5.41) is 9.95. The van der Waals surface area contributed by atoms with Gasteiger partial charge in [0, 0.05) is 13.1 Å². The molecule has 0 aromatic carbocycles. The van der Waals surface area contributed by atoms with Crippen molar-refractivity contribution in [2.45, 2.75) is 53.0 Å². The summed E-state index contributed by atoms with van der Waals surface area (Å²) < 4.78 is 27.8. The molecule has 21 heavy (non-hydrogen) atoms. The number of aryl methyl sites for hydroxylation is 1. The van der Waals surface area contributed by atoms with Crippen LogP contribution in [0.2, 0.25) is 0 Å². The fourth-order valence-corrected chi connectivity index (χ4v) is 3.29. The Hall–Kier alpha value is -0.920. The zero-order chi connectivity index (χ0) is 16.3. The molecule has 1 unspecified atom stereocenters. The van der Waals surface area contributed by atoms with Gasteiger partial charge in [0.2, 0.25) is 10.0 Å². The molecular weight excluding hydrogens is 288 g/mol. The first-order valence-electron chi connectivity index (χ1n) is 7.33. The third kappa shape index (κ3) is 4.79. The summed E-state index contributed by atoms with van der Waals surface area (Å²) in [6, 6.07) is 0. The maximum Gasteiger partial charge on any atom is 0.244 e. The Morgan fingerprint density at radius 2 is 1.95 bits per heavy atom. The van der Waals surface area contributed by atoms with Gasteiger partial charge < -0.3 is 5.32 Å². The van der Waals surface area contributed by atoms with E-state index in [1.54, 1.807) is 6.92 Å². The Labute approximate surface area is 128 Å². The third-order valence-corrected chi connectivity index (χ3v) is 5.46. The van der Waals surface area contributed by atoms with E-state index < -0.39 is 10.0 Å². The van der Waals surface area contributed by atoms with E-state index in [9.17, 15) is 8.42 Å². The van der Waals surface area contributed by atoms with Crippen LogP contribution in [-0.4, -0.2) is 31.7 Å². The van der Waals surface area contributed by atoms with Gasteiger partial charge in [0.15, 0.2) is 0 Å². The Kier molecular flexibility index (Phi) is 5.95. The summed E-state index contributed by atoms with van der Waals surface area (Å²) in [7, 11) is -3.55.